The van der Waals surface area contributed by atoms with E-state index in [9.17, 15) is 19.2 Å². The molecule has 3 N–H and O–H groups in total. The van der Waals surface area contributed by atoms with Gasteiger partial charge in [-0.15, -0.1) is 11.3 Å². The summed E-state index contributed by atoms with van der Waals surface area (Å²) >= 11 is 1.29. The zero-order chi connectivity index (χ0) is 21.7. The first kappa shape index (κ1) is 21.5. The average Bonchev–Trinajstić information content (AvgIpc) is 3.53. The highest BCUT2D eigenvalue weighted by atomic mass is 32.1. The molecule has 1 aromatic heterocycles. The minimum Gasteiger partial charge on any atom is -0.452 e. The van der Waals surface area contributed by atoms with E-state index in [1.807, 2.05) is 37.3 Å². The van der Waals surface area contributed by atoms with Crippen molar-refractivity contribution in [3.05, 3.63) is 51.9 Å². The molecule has 0 atom stereocenters. The average molecular weight is 429 g/mol. The number of rotatable bonds is 7. The van der Waals surface area contributed by atoms with Crippen LogP contribution in [-0.4, -0.2) is 30.4 Å². The fourth-order valence-corrected chi connectivity index (χ4v) is 3.76. The van der Waals surface area contributed by atoms with Gasteiger partial charge >= 0.3 is 12.0 Å². The number of benzene rings is 1. The third kappa shape index (κ3) is 5.66. The first-order valence-corrected chi connectivity index (χ1v) is 10.4. The molecule has 1 heterocycles. The van der Waals surface area contributed by atoms with Gasteiger partial charge in [-0.2, -0.15) is 0 Å². The van der Waals surface area contributed by atoms with Crippen LogP contribution in [0.4, 0.5) is 9.80 Å². The number of hydrogen-bond donors (Lipinski definition) is 3. The second-order valence-electron chi connectivity index (χ2n) is 7.04. The highest BCUT2D eigenvalue weighted by molar-refractivity contribution is 7.16. The monoisotopic (exact) mass is 429 g/mol. The van der Waals surface area contributed by atoms with Gasteiger partial charge in [0.2, 0.25) is 5.91 Å². The Hall–Kier alpha value is -3.20. The number of aryl methyl sites for hydroxylation is 1. The van der Waals surface area contributed by atoms with E-state index in [0.29, 0.717) is 10.6 Å². The highest BCUT2D eigenvalue weighted by Crippen LogP contribution is 2.36. The van der Waals surface area contributed by atoms with Crippen LogP contribution in [0.5, 0.6) is 0 Å². The van der Waals surface area contributed by atoms with Crippen LogP contribution >= 0.6 is 11.3 Å². The molecule has 1 fully saturated rings. The molecule has 3 rings (SSSR count). The second kappa shape index (κ2) is 9.53. The van der Waals surface area contributed by atoms with Gasteiger partial charge in [-0.1, -0.05) is 30.3 Å². The minimum absolute atomic E-state index is 0.00300. The molecule has 4 amide bonds. The predicted octanol–water partition coefficient (Wildman–Crippen LogP) is 2.90. The number of amides is 4. The summed E-state index contributed by atoms with van der Waals surface area (Å²) in [6.07, 6.45) is 1.70. The van der Waals surface area contributed by atoms with Crippen molar-refractivity contribution in [1.29, 1.82) is 0 Å². The van der Waals surface area contributed by atoms with Crippen molar-refractivity contribution >= 4 is 40.2 Å². The van der Waals surface area contributed by atoms with Crippen molar-refractivity contribution in [1.82, 2.24) is 10.6 Å². The first-order valence-electron chi connectivity index (χ1n) is 9.54. The fourth-order valence-electron chi connectivity index (χ4n) is 2.71. The Morgan fingerprint density at radius 1 is 1.10 bits per heavy atom. The van der Waals surface area contributed by atoms with Gasteiger partial charge < -0.3 is 15.4 Å². The van der Waals surface area contributed by atoms with E-state index in [2.05, 4.69) is 16.0 Å². The third-order valence-corrected chi connectivity index (χ3v) is 5.78. The summed E-state index contributed by atoms with van der Waals surface area (Å²) in [6, 6.07) is 8.55. The van der Waals surface area contributed by atoms with Gasteiger partial charge in [-0.3, -0.25) is 14.9 Å². The molecule has 0 aliphatic heterocycles. The van der Waals surface area contributed by atoms with Crippen LogP contribution in [0.3, 0.4) is 0 Å². The number of nitrogens with one attached hydrogen (secondary N) is 3. The van der Waals surface area contributed by atoms with Gasteiger partial charge in [0.05, 0.1) is 5.56 Å². The van der Waals surface area contributed by atoms with E-state index in [1.54, 1.807) is 6.92 Å². The Balaban J connectivity index is 1.50. The second-order valence-corrected chi connectivity index (χ2v) is 8.27. The molecule has 158 valence electrons. The molecule has 0 unspecified atom stereocenters. The molecular formula is C21H23N3O5S. The number of ether oxygens (including phenoxy) is 1. The maximum absolute atomic E-state index is 12.5. The Morgan fingerprint density at radius 2 is 1.80 bits per heavy atom. The van der Waals surface area contributed by atoms with E-state index in [0.717, 1.165) is 23.3 Å². The van der Waals surface area contributed by atoms with Crippen molar-refractivity contribution < 1.29 is 23.9 Å². The zero-order valence-corrected chi connectivity index (χ0v) is 17.6. The normalized spacial score (nSPS) is 12.7. The Morgan fingerprint density at radius 3 is 2.47 bits per heavy atom. The zero-order valence-electron chi connectivity index (χ0n) is 16.7. The van der Waals surface area contributed by atoms with Crippen LogP contribution in [0, 0.1) is 19.8 Å². The summed E-state index contributed by atoms with van der Waals surface area (Å²) in [6.45, 7) is 3.25. The summed E-state index contributed by atoms with van der Waals surface area (Å²) in [4.78, 5) is 49.2. The summed E-state index contributed by atoms with van der Waals surface area (Å²) in [7, 11) is 0. The molecule has 30 heavy (non-hydrogen) atoms. The number of esters is 1. The SMILES string of the molecule is Cc1sc(NC(=O)C2CC2)c(C(=O)OCC(=O)NC(=O)NCc2ccccc2)c1C. The van der Waals surface area contributed by atoms with Crippen LogP contribution in [-0.2, 0) is 20.9 Å². The van der Waals surface area contributed by atoms with Gasteiger partial charge in [0.25, 0.3) is 5.91 Å². The number of urea groups is 1. The van der Waals surface area contributed by atoms with Gasteiger partial charge in [0.15, 0.2) is 6.61 Å². The molecule has 0 bridgehead atoms. The van der Waals surface area contributed by atoms with Crippen LogP contribution in [0.1, 0.15) is 39.2 Å². The summed E-state index contributed by atoms with van der Waals surface area (Å²) in [5.74, 6) is -1.58. The highest BCUT2D eigenvalue weighted by Gasteiger charge is 2.31. The maximum Gasteiger partial charge on any atom is 0.341 e. The van der Waals surface area contributed by atoms with Crippen LogP contribution in [0.15, 0.2) is 30.3 Å². The van der Waals surface area contributed by atoms with Gasteiger partial charge in [-0.25, -0.2) is 9.59 Å². The van der Waals surface area contributed by atoms with Crippen LogP contribution in [0.25, 0.3) is 0 Å². The van der Waals surface area contributed by atoms with Crippen LogP contribution < -0.4 is 16.0 Å². The molecule has 1 aromatic carbocycles. The predicted molar refractivity (Wildman–Crippen MR) is 112 cm³/mol. The van der Waals surface area contributed by atoms with E-state index >= 15 is 0 Å². The summed E-state index contributed by atoms with van der Waals surface area (Å²) < 4.78 is 5.07. The number of imide groups is 1. The maximum atomic E-state index is 12.5. The topological polar surface area (TPSA) is 114 Å². The smallest absolute Gasteiger partial charge is 0.341 e. The standard InChI is InChI=1S/C21H23N3O5S/c1-12-13(2)30-19(24-18(26)15-8-9-15)17(12)20(27)29-11-16(25)23-21(28)22-10-14-6-4-3-5-7-14/h3-7,15H,8-11H2,1-2H3,(H,24,26)(H2,22,23,25,28). The van der Waals surface area contributed by atoms with E-state index in [4.69, 9.17) is 4.74 Å². The number of hydrogen-bond acceptors (Lipinski definition) is 6. The Bertz CT molecular complexity index is 967. The molecule has 1 aliphatic carbocycles. The molecule has 1 aliphatic rings. The Labute approximate surface area is 178 Å². The summed E-state index contributed by atoms with van der Waals surface area (Å²) in [5, 5.41) is 7.87. The fraction of sp³-hybridized carbons (Fsp3) is 0.333. The molecule has 0 radical (unpaired) electrons. The number of carbonyl (C=O) groups excluding carboxylic acids is 4. The molecule has 9 heteroatoms. The first-order chi connectivity index (χ1) is 14.3. The van der Waals surface area contributed by atoms with Gasteiger partial charge in [0, 0.05) is 17.3 Å². The molecule has 1 saturated carbocycles. The largest absolute Gasteiger partial charge is 0.452 e. The molecule has 2 aromatic rings. The van der Waals surface area contributed by atoms with Crippen molar-refractivity contribution in [2.45, 2.75) is 33.2 Å². The van der Waals surface area contributed by atoms with Gasteiger partial charge in [0.1, 0.15) is 5.00 Å². The van der Waals surface area contributed by atoms with Crippen LogP contribution in [0.2, 0.25) is 0 Å². The van der Waals surface area contributed by atoms with E-state index < -0.39 is 24.5 Å². The lowest BCUT2D eigenvalue weighted by molar-refractivity contribution is -0.123. The lowest BCUT2D eigenvalue weighted by Crippen LogP contribution is -2.41. The molecule has 0 saturated heterocycles. The Kier molecular flexibility index (Phi) is 6.83. The van der Waals surface area contributed by atoms with Gasteiger partial charge in [-0.05, 0) is 37.8 Å². The van der Waals surface area contributed by atoms with Crippen molar-refractivity contribution in [3.8, 4) is 0 Å². The lowest BCUT2D eigenvalue weighted by Gasteiger charge is -2.09. The quantitative estimate of drug-likeness (QED) is 0.586. The molecule has 0 spiro atoms. The number of thiophene rings is 1. The van der Waals surface area contributed by atoms with Crippen molar-refractivity contribution in [2.24, 2.45) is 5.92 Å². The van der Waals surface area contributed by atoms with Crippen molar-refractivity contribution in [2.75, 3.05) is 11.9 Å². The minimum atomic E-state index is -0.748. The lowest BCUT2D eigenvalue weighted by atomic mass is 10.1. The van der Waals surface area contributed by atoms with E-state index in [1.165, 1.54) is 11.3 Å². The number of carbonyl (C=O) groups is 4. The molecule has 8 nitrogen and oxygen atoms in total. The van der Waals surface area contributed by atoms with Crippen molar-refractivity contribution in [3.63, 3.8) is 0 Å². The molecular weight excluding hydrogens is 406 g/mol. The number of anilines is 1. The summed E-state index contributed by atoms with van der Waals surface area (Å²) in [5.41, 5.74) is 1.82. The third-order valence-electron chi connectivity index (χ3n) is 4.66. The van der Waals surface area contributed by atoms with E-state index in [-0.39, 0.29) is 23.9 Å².